The summed E-state index contributed by atoms with van der Waals surface area (Å²) in [4.78, 5) is 10.7. The molecule has 0 spiro atoms. The number of hydrogen-bond acceptors (Lipinski definition) is 2. The molecule has 0 radical (unpaired) electrons. The molecule has 104 valence electrons. The normalized spacial score (nSPS) is 12.1. The van der Waals surface area contributed by atoms with E-state index < -0.39 is 5.97 Å². The molecule has 0 aliphatic carbocycles. The molecule has 0 saturated carbocycles. The Balaban J connectivity index is 1.91. The van der Waals surface area contributed by atoms with Crippen LogP contribution in [0.2, 0.25) is 0 Å². The van der Waals surface area contributed by atoms with Crippen LogP contribution in [-0.2, 0) is 11.3 Å². The van der Waals surface area contributed by atoms with Crippen LogP contribution in [0.4, 0.5) is 0 Å². The first-order chi connectivity index (χ1) is 9.66. The first kappa shape index (κ1) is 14.3. The Bertz CT molecular complexity index is 549. The molecular weight excluding hydrogens is 250 g/mol. The highest BCUT2D eigenvalue weighted by molar-refractivity contribution is 5.69. The van der Waals surface area contributed by atoms with E-state index in [1.165, 1.54) is 11.1 Å². The standard InChI is InChI=1S/C17H19NO2/c1-13(17(19)20)11-18-12-14-7-9-16(10-8-14)15-5-3-2-4-6-15/h2-10,13,18H,11-12H2,1H3,(H,19,20). The maximum absolute atomic E-state index is 10.7. The second-order valence-electron chi connectivity index (χ2n) is 4.93. The van der Waals surface area contributed by atoms with Gasteiger partial charge in [-0.2, -0.15) is 0 Å². The maximum atomic E-state index is 10.7. The number of rotatable bonds is 6. The minimum atomic E-state index is -0.767. The lowest BCUT2D eigenvalue weighted by Crippen LogP contribution is -2.25. The topological polar surface area (TPSA) is 49.3 Å². The van der Waals surface area contributed by atoms with Gasteiger partial charge in [-0.25, -0.2) is 0 Å². The molecule has 1 atom stereocenters. The fourth-order valence-electron chi connectivity index (χ4n) is 1.97. The van der Waals surface area contributed by atoms with Crippen molar-refractivity contribution in [3.8, 4) is 11.1 Å². The van der Waals surface area contributed by atoms with Crippen LogP contribution in [-0.4, -0.2) is 17.6 Å². The molecule has 0 aromatic heterocycles. The minimum Gasteiger partial charge on any atom is -0.481 e. The van der Waals surface area contributed by atoms with E-state index >= 15 is 0 Å². The lowest BCUT2D eigenvalue weighted by Gasteiger charge is -2.09. The molecule has 0 amide bonds. The third-order valence-corrected chi connectivity index (χ3v) is 3.26. The zero-order valence-electron chi connectivity index (χ0n) is 11.5. The fraction of sp³-hybridized carbons (Fsp3) is 0.235. The second kappa shape index (κ2) is 6.87. The van der Waals surface area contributed by atoms with Crippen molar-refractivity contribution >= 4 is 5.97 Å². The van der Waals surface area contributed by atoms with Crippen molar-refractivity contribution in [1.29, 1.82) is 0 Å². The van der Waals surface area contributed by atoms with E-state index in [1.54, 1.807) is 6.92 Å². The SMILES string of the molecule is CC(CNCc1ccc(-c2ccccc2)cc1)C(=O)O. The quantitative estimate of drug-likeness (QED) is 0.847. The Morgan fingerprint density at radius 2 is 1.65 bits per heavy atom. The van der Waals surface area contributed by atoms with Crippen molar-refractivity contribution in [2.75, 3.05) is 6.54 Å². The van der Waals surface area contributed by atoms with Gasteiger partial charge in [0.15, 0.2) is 0 Å². The first-order valence-corrected chi connectivity index (χ1v) is 6.74. The van der Waals surface area contributed by atoms with Crippen molar-refractivity contribution in [1.82, 2.24) is 5.32 Å². The van der Waals surface area contributed by atoms with Crippen LogP contribution in [0, 0.1) is 5.92 Å². The van der Waals surface area contributed by atoms with Gasteiger partial charge in [0.1, 0.15) is 0 Å². The number of carboxylic acids is 1. The number of benzene rings is 2. The van der Waals surface area contributed by atoms with Crippen LogP contribution in [0.15, 0.2) is 54.6 Å². The van der Waals surface area contributed by atoms with Crippen molar-refractivity contribution in [2.24, 2.45) is 5.92 Å². The number of hydrogen-bond donors (Lipinski definition) is 2. The smallest absolute Gasteiger partial charge is 0.307 e. The summed E-state index contributed by atoms with van der Waals surface area (Å²) in [5, 5.41) is 12.0. The zero-order valence-corrected chi connectivity index (χ0v) is 11.5. The summed E-state index contributed by atoms with van der Waals surface area (Å²) < 4.78 is 0. The Labute approximate surface area is 119 Å². The zero-order chi connectivity index (χ0) is 14.4. The van der Waals surface area contributed by atoms with Gasteiger partial charge >= 0.3 is 5.97 Å². The monoisotopic (exact) mass is 269 g/mol. The fourth-order valence-corrected chi connectivity index (χ4v) is 1.97. The van der Waals surface area contributed by atoms with Crippen LogP contribution in [0.1, 0.15) is 12.5 Å². The summed E-state index contributed by atoms with van der Waals surface area (Å²) in [6, 6.07) is 18.5. The van der Waals surface area contributed by atoms with Crippen molar-refractivity contribution in [3.63, 3.8) is 0 Å². The van der Waals surface area contributed by atoms with Gasteiger partial charge in [-0.05, 0) is 16.7 Å². The molecule has 2 rings (SSSR count). The molecule has 3 nitrogen and oxygen atoms in total. The summed E-state index contributed by atoms with van der Waals surface area (Å²) in [7, 11) is 0. The van der Waals surface area contributed by atoms with Gasteiger partial charge in [0.2, 0.25) is 0 Å². The van der Waals surface area contributed by atoms with Gasteiger partial charge < -0.3 is 10.4 Å². The Morgan fingerprint density at radius 1 is 1.05 bits per heavy atom. The summed E-state index contributed by atoms with van der Waals surface area (Å²) >= 11 is 0. The Kier molecular flexibility index (Phi) is 4.91. The molecule has 0 bridgehead atoms. The second-order valence-corrected chi connectivity index (χ2v) is 4.93. The Hall–Kier alpha value is -2.13. The molecule has 0 aliphatic heterocycles. The molecule has 2 N–H and O–H groups in total. The van der Waals surface area contributed by atoms with Crippen LogP contribution in [0.5, 0.6) is 0 Å². The van der Waals surface area contributed by atoms with Gasteiger partial charge in [-0.3, -0.25) is 4.79 Å². The van der Waals surface area contributed by atoms with Crippen molar-refractivity contribution in [2.45, 2.75) is 13.5 Å². The van der Waals surface area contributed by atoms with Crippen LogP contribution in [0.3, 0.4) is 0 Å². The van der Waals surface area contributed by atoms with E-state index in [2.05, 4.69) is 41.7 Å². The molecule has 20 heavy (non-hydrogen) atoms. The third-order valence-electron chi connectivity index (χ3n) is 3.26. The van der Waals surface area contributed by atoms with E-state index in [0.717, 1.165) is 5.56 Å². The molecule has 0 saturated heterocycles. The molecule has 2 aromatic carbocycles. The predicted octanol–water partition coefficient (Wildman–Crippen LogP) is 3.16. The van der Waals surface area contributed by atoms with E-state index in [1.807, 2.05) is 18.2 Å². The number of carbonyl (C=O) groups is 1. The largest absolute Gasteiger partial charge is 0.481 e. The van der Waals surface area contributed by atoms with Crippen LogP contribution >= 0.6 is 0 Å². The average molecular weight is 269 g/mol. The van der Waals surface area contributed by atoms with Gasteiger partial charge in [0.05, 0.1) is 5.92 Å². The lowest BCUT2D eigenvalue weighted by atomic mass is 10.0. The van der Waals surface area contributed by atoms with E-state index in [9.17, 15) is 4.79 Å². The molecule has 3 heteroatoms. The highest BCUT2D eigenvalue weighted by Crippen LogP contribution is 2.19. The minimum absolute atomic E-state index is 0.362. The average Bonchev–Trinajstić information content (AvgIpc) is 2.48. The number of carboxylic acid groups (broad SMARTS) is 1. The van der Waals surface area contributed by atoms with E-state index in [4.69, 9.17) is 5.11 Å². The van der Waals surface area contributed by atoms with Crippen LogP contribution < -0.4 is 5.32 Å². The first-order valence-electron chi connectivity index (χ1n) is 6.74. The molecule has 0 heterocycles. The Morgan fingerprint density at radius 3 is 2.25 bits per heavy atom. The molecule has 1 unspecified atom stereocenters. The van der Waals surface area contributed by atoms with Crippen molar-refractivity contribution < 1.29 is 9.90 Å². The van der Waals surface area contributed by atoms with Gasteiger partial charge in [0, 0.05) is 13.1 Å². The lowest BCUT2D eigenvalue weighted by molar-refractivity contribution is -0.140. The van der Waals surface area contributed by atoms with Gasteiger partial charge in [0.25, 0.3) is 0 Å². The third kappa shape index (κ3) is 3.93. The van der Waals surface area contributed by atoms with E-state index in [-0.39, 0.29) is 5.92 Å². The highest BCUT2D eigenvalue weighted by Gasteiger charge is 2.09. The van der Waals surface area contributed by atoms with Crippen LogP contribution in [0.25, 0.3) is 11.1 Å². The molecule has 0 fully saturated rings. The number of nitrogens with one attached hydrogen (secondary N) is 1. The molecule has 0 aliphatic rings. The van der Waals surface area contributed by atoms with Gasteiger partial charge in [-0.15, -0.1) is 0 Å². The van der Waals surface area contributed by atoms with Crippen molar-refractivity contribution in [3.05, 3.63) is 60.2 Å². The highest BCUT2D eigenvalue weighted by atomic mass is 16.4. The van der Waals surface area contributed by atoms with Gasteiger partial charge in [-0.1, -0.05) is 61.5 Å². The summed E-state index contributed by atoms with van der Waals surface area (Å²) in [5.74, 6) is -1.13. The maximum Gasteiger partial charge on any atom is 0.307 e. The molecule has 2 aromatic rings. The van der Waals surface area contributed by atoms with E-state index in [0.29, 0.717) is 13.1 Å². The molecular formula is C17H19NO2. The summed E-state index contributed by atoms with van der Waals surface area (Å²) in [5.41, 5.74) is 3.54. The number of aliphatic carboxylic acids is 1. The summed E-state index contributed by atoms with van der Waals surface area (Å²) in [6.07, 6.45) is 0. The predicted molar refractivity (Wildman–Crippen MR) is 80.4 cm³/mol. The summed E-state index contributed by atoms with van der Waals surface area (Å²) in [6.45, 7) is 2.87.